The zero-order valence-electron chi connectivity index (χ0n) is 10.7. The molecule has 1 amide bonds. The molecule has 3 rings (SSSR count). The number of hydrogen-bond donors (Lipinski definition) is 2. The minimum atomic E-state index is -4.53. The number of halogens is 3. The Bertz CT molecular complexity index is 546. The van der Waals surface area contributed by atoms with Gasteiger partial charge in [0.1, 0.15) is 0 Å². The number of alkyl halides is 3. The molecule has 3 nitrogen and oxygen atoms in total. The van der Waals surface area contributed by atoms with Crippen LogP contribution in [0.4, 0.5) is 24.5 Å². The van der Waals surface area contributed by atoms with Gasteiger partial charge in [-0.15, -0.1) is 0 Å². The van der Waals surface area contributed by atoms with E-state index in [1.54, 1.807) is 0 Å². The van der Waals surface area contributed by atoms with E-state index in [-0.39, 0.29) is 23.2 Å². The van der Waals surface area contributed by atoms with Gasteiger partial charge in [-0.05, 0) is 42.9 Å². The highest BCUT2D eigenvalue weighted by atomic mass is 19.4. The maximum Gasteiger partial charge on any atom is 0.418 e. The third-order valence-corrected chi connectivity index (χ3v) is 4.32. The molecule has 2 saturated carbocycles. The molecule has 0 aromatic heterocycles. The fourth-order valence-corrected chi connectivity index (χ4v) is 3.33. The van der Waals surface area contributed by atoms with Crippen LogP contribution in [0.3, 0.4) is 0 Å². The Morgan fingerprint density at radius 2 is 1.90 bits per heavy atom. The molecule has 2 aliphatic rings. The summed E-state index contributed by atoms with van der Waals surface area (Å²) in [5, 5.41) is 2.42. The van der Waals surface area contributed by atoms with Gasteiger partial charge in [0.05, 0.1) is 11.3 Å². The van der Waals surface area contributed by atoms with Crippen molar-refractivity contribution in [1.82, 2.24) is 0 Å². The van der Waals surface area contributed by atoms with Gasteiger partial charge in [0.2, 0.25) is 5.91 Å². The lowest BCUT2D eigenvalue weighted by Crippen LogP contribution is -2.20. The molecule has 0 saturated heterocycles. The van der Waals surface area contributed by atoms with Crippen molar-refractivity contribution in [2.45, 2.75) is 25.4 Å². The number of carbonyl (C=O) groups excluding carboxylic acids is 1. The summed E-state index contributed by atoms with van der Waals surface area (Å²) in [6.07, 6.45) is -1.39. The van der Waals surface area contributed by atoms with E-state index in [1.807, 2.05) is 0 Å². The van der Waals surface area contributed by atoms with Crippen LogP contribution in [-0.2, 0) is 11.0 Å². The number of nitrogens with one attached hydrogen (secondary N) is 1. The molecule has 0 radical (unpaired) electrons. The van der Waals surface area contributed by atoms with E-state index in [0.29, 0.717) is 11.8 Å². The second-order valence-corrected chi connectivity index (χ2v) is 5.58. The number of hydrogen-bond acceptors (Lipinski definition) is 2. The molecule has 0 aliphatic heterocycles. The van der Waals surface area contributed by atoms with Gasteiger partial charge in [0.15, 0.2) is 0 Å². The van der Waals surface area contributed by atoms with Crippen molar-refractivity contribution in [3.63, 3.8) is 0 Å². The summed E-state index contributed by atoms with van der Waals surface area (Å²) in [5.41, 5.74) is 4.32. The Balaban J connectivity index is 1.79. The summed E-state index contributed by atoms with van der Waals surface area (Å²) >= 11 is 0. The van der Waals surface area contributed by atoms with Crippen LogP contribution in [0.5, 0.6) is 0 Å². The van der Waals surface area contributed by atoms with Crippen LogP contribution in [-0.4, -0.2) is 5.91 Å². The zero-order valence-corrected chi connectivity index (χ0v) is 10.7. The number of benzene rings is 1. The fourth-order valence-electron chi connectivity index (χ4n) is 3.33. The molecular formula is C14H15F3N2O. The predicted octanol–water partition coefficient (Wildman–Crippen LogP) is 3.27. The van der Waals surface area contributed by atoms with Crippen molar-refractivity contribution in [2.24, 2.45) is 17.8 Å². The lowest BCUT2D eigenvalue weighted by Gasteiger charge is -2.15. The first-order valence-electron chi connectivity index (χ1n) is 6.65. The first-order valence-corrected chi connectivity index (χ1v) is 6.65. The number of nitrogen functional groups attached to an aromatic ring is 1. The lowest BCUT2D eigenvalue weighted by atomic mass is 10.1. The number of fused-ring (bicyclic) bond motifs is 1. The van der Waals surface area contributed by atoms with E-state index >= 15 is 0 Å². The van der Waals surface area contributed by atoms with Gasteiger partial charge in [0.25, 0.3) is 0 Å². The SMILES string of the molecule is Nc1ccc(NC(=O)C2C3CCCC32)c(C(F)(F)F)c1. The van der Waals surface area contributed by atoms with Gasteiger partial charge in [-0.2, -0.15) is 13.2 Å². The van der Waals surface area contributed by atoms with Crippen LogP contribution in [0, 0.1) is 17.8 Å². The highest BCUT2D eigenvalue weighted by molar-refractivity contribution is 5.96. The molecule has 0 heterocycles. The molecule has 2 fully saturated rings. The standard InChI is InChI=1S/C14H15F3N2O/c15-14(16,17)10-6-7(18)4-5-11(10)19-13(20)12-8-2-1-3-9(8)12/h4-6,8-9,12H,1-3,18H2,(H,19,20). The van der Waals surface area contributed by atoms with Crippen LogP contribution < -0.4 is 11.1 Å². The Morgan fingerprint density at radius 3 is 2.50 bits per heavy atom. The molecule has 1 aromatic rings. The van der Waals surface area contributed by atoms with Crippen LogP contribution >= 0.6 is 0 Å². The van der Waals surface area contributed by atoms with Crippen molar-refractivity contribution >= 4 is 17.3 Å². The molecule has 3 N–H and O–H groups in total. The first kappa shape index (κ1) is 13.3. The van der Waals surface area contributed by atoms with Crippen molar-refractivity contribution in [1.29, 1.82) is 0 Å². The topological polar surface area (TPSA) is 55.1 Å². The van der Waals surface area contributed by atoms with Gasteiger partial charge >= 0.3 is 6.18 Å². The maximum absolute atomic E-state index is 12.9. The van der Waals surface area contributed by atoms with Gasteiger partial charge in [0, 0.05) is 11.6 Å². The largest absolute Gasteiger partial charge is 0.418 e. The van der Waals surface area contributed by atoms with Crippen LogP contribution in [0.1, 0.15) is 24.8 Å². The smallest absolute Gasteiger partial charge is 0.399 e. The van der Waals surface area contributed by atoms with Crippen LogP contribution in [0.25, 0.3) is 0 Å². The summed E-state index contributed by atoms with van der Waals surface area (Å²) in [7, 11) is 0. The van der Waals surface area contributed by atoms with Crippen molar-refractivity contribution in [2.75, 3.05) is 11.1 Å². The summed E-state index contributed by atoms with van der Waals surface area (Å²) < 4.78 is 38.8. The number of carbonyl (C=O) groups is 1. The molecule has 2 aliphatic carbocycles. The maximum atomic E-state index is 12.9. The molecule has 6 heteroatoms. The van der Waals surface area contributed by atoms with E-state index < -0.39 is 11.7 Å². The van der Waals surface area contributed by atoms with Crippen molar-refractivity contribution < 1.29 is 18.0 Å². The Hall–Kier alpha value is -1.72. The van der Waals surface area contributed by atoms with Gasteiger partial charge in [-0.25, -0.2) is 0 Å². The number of rotatable bonds is 2. The molecule has 1 aromatic carbocycles. The first-order chi connectivity index (χ1) is 9.38. The second kappa shape index (κ2) is 4.40. The average molecular weight is 284 g/mol. The Morgan fingerprint density at radius 1 is 1.25 bits per heavy atom. The summed E-state index contributed by atoms with van der Waals surface area (Å²) in [5.74, 6) is 0.341. The number of nitrogens with two attached hydrogens (primary N) is 1. The molecular weight excluding hydrogens is 269 g/mol. The summed E-state index contributed by atoms with van der Waals surface area (Å²) in [4.78, 5) is 12.0. The monoisotopic (exact) mass is 284 g/mol. The van der Waals surface area contributed by atoms with Gasteiger partial charge in [-0.1, -0.05) is 6.42 Å². The van der Waals surface area contributed by atoms with Crippen molar-refractivity contribution in [3.8, 4) is 0 Å². The van der Waals surface area contributed by atoms with E-state index in [4.69, 9.17) is 5.73 Å². The average Bonchev–Trinajstić information content (AvgIpc) is 2.84. The quantitative estimate of drug-likeness (QED) is 0.819. The number of anilines is 2. The summed E-state index contributed by atoms with van der Waals surface area (Å²) in [6.45, 7) is 0. The second-order valence-electron chi connectivity index (χ2n) is 5.58. The third kappa shape index (κ3) is 2.23. The Labute approximate surface area is 114 Å². The highest BCUT2D eigenvalue weighted by Gasteiger charge is 2.56. The molecule has 20 heavy (non-hydrogen) atoms. The molecule has 108 valence electrons. The van der Waals surface area contributed by atoms with E-state index in [2.05, 4.69) is 5.32 Å². The van der Waals surface area contributed by atoms with E-state index in [1.165, 1.54) is 12.1 Å². The van der Waals surface area contributed by atoms with Gasteiger partial charge in [-0.3, -0.25) is 4.79 Å². The Kier molecular flexibility index (Phi) is 2.92. The predicted molar refractivity (Wildman–Crippen MR) is 68.8 cm³/mol. The van der Waals surface area contributed by atoms with Crippen molar-refractivity contribution in [3.05, 3.63) is 23.8 Å². The minimum absolute atomic E-state index is 0.0265. The molecule has 2 atom stereocenters. The lowest BCUT2D eigenvalue weighted by molar-refractivity contribution is -0.136. The fraction of sp³-hybridized carbons (Fsp3) is 0.500. The molecule has 0 spiro atoms. The number of amides is 1. The molecule has 0 bridgehead atoms. The minimum Gasteiger partial charge on any atom is -0.399 e. The van der Waals surface area contributed by atoms with E-state index in [9.17, 15) is 18.0 Å². The van der Waals surface area contributed by atoms with Gasteiger partial charge < -0.3 is 11.1 Å². The zero-order chi connectivity index (χ0) is 14.5. The van der Waals surface area contributed by atoms with Crippen LogP contribution in [0.2, 0.25) is 0 Å². The van der Waals surface area contributed by atoms with Crippen LogP contribution in [0.15, 0.2) is 18.2 Å². The molecule has 2 unspecified atom stereocenters. The third-order valence-electron chi connectivity index (χ3n) is 4.32. The summed E-state index contributed by atoms with van der Waals surface area (Å²) in [6, 6.07) is 3.43. The normalized spacial score (nSPS) is 28.1. The van der Waals surface area contributed by atoms with E-state index in [0.717, 1.165) is 25.3 Å². The highest BCUT2D eigenvalue weighted by Crippen LogP contribution is 2.57.